The van der Waals surface area contributed by atoms with Crippen LogP contribution < -0.4 is 10.2 Å². The fourth-order valence-electron chi connectivity index (χ4n) is 2.44. The van der Waals surface area contributed by atoms with Gasteiger partial charge in [0.2, 0.25) is 0 Å². The zero-order valence-electron chi connectivity index (χ0n) is 12.3. The van der Waals surface area contributed by atoms with Crippen LogP contribution in [0.1, 0.15) is 32.8 Å². The van der Waals surface area contributed by atoms with Crippen molar-refractivity contribution in [2.24, 2.45) is 5.92 Å². The van der Waals surface area contributed by atoms with Crippen LogP contribution in [-0.4, -0.2) is 24.6 Å². The van der Waals surface area contributed by atoms with Gasteiger partial charge in [-0.2, -0.15) is 0 Å². The van der Waals surface area contributed by atoms with E-state index < -0.39 is 0 Å². The Morgan fingerprint density at radius 2 is 2.26 bits per heavy atom. The average molecular weight is 259 g/mol. The van der Waals surface area contributed by atoms with Crippen molar-refractivity contribution in [3.63, 3.8) is 0 Å². The summed E-state index contributed by atoms with van der Waals surface area (Å²) >= 11 is 0. The zero-order valence-corrected chi connectivity index (χ0v) is 12.3. The number of aromatic nitrogens is 1. The largest absolute Gasteiger partial charge is 0.352 e. The summed E-state index contributed by atoms with van der Waals surface area (Å²) in [5.41, 5.74) is 2.75. The average Bonchev–Trinajstić information content (AvgIpc) is 2.39. The molecule has 0 bridgehead atoms. The molecule has 0 aliphatic carbocycles. The molecule has 1 aliphatic heterocycles. The Balaban J connectivity index is 2.05. The quantitative estimate of drug-likeness (QED) is 0.824. The van der Waals surface area contributed by atoms with Crippen LogP contribution >= 0.6 is 0 Å². The lowest BCUT2D eigenvalue weighted by molar-refractivity contribution is 0.551. The molecule has 1 aromatic rings. The van der Waals surface area contributed by atoms with Gasteiger partial charge in [0.1, 0.15) is 5.82 Å². The highest BCUT2D eigenvalue weighted by atomic mass is 15.2. The number of pyridine rings is 1. The van der Waals surface area contributed by atoms with Crippen LogP contribution in [0.25, 0.3) is 0 Å². The van der Waals surface area contributed by atoms with E-state index in [-0.39, 0.29) is 0 Å². The van der Waals surface area contributed by atoms with Crippen LogP contribution in [0.4, 0.5) is 5.82 Å². The van der Waals surface area contributed by atoms with Crippen LogP contribution in [0.3, 0.4) is 0 Å². The van der Waals surface area contributed by atoms with Crippen molar-refractivity contribution in [1.82, 2.24) is 10.3 Å². The second-order valence-corrected chi connectivity index (χ2v) is 5.77. The Labute approximate surface area is 116 Å². The Hall–Kier alpha value is -1.35. The normalized spacial score (nSPS) is 15.8. The van der Waals surface area contributed by atoms with Crippen molar-refractivity contribution >= 4 is 5.82 Å². The van der Waals surface area contributed by atoms with Crippen molar-refractivity contribution in [2.75, 3.05) is 24.5 Å². The van der Waals surface area contributed by atoms with E-state index in [1.807, 2.05) is 12.3 Å². The number of nitrogens with zero attached hydrogens (tertiary/aromatic N) is 2. The van der Waals surface area contributed by atoms with Crippen molar-refractivity contribution < 1.29 is 0 Å². The molecule has 0 atom stereocenters. The van der Waals surface area contributed by atoms with E-state index in [0.717, 1.165) is 38.4 Å². The molecule has 2 rings (SSSR count). The second-order valence-electron chi connectivity index (χ2n) is 5.77. The topological polar surface area (TPSA) is 28.2 Å². The third-order valence-corrected chi connectivity index (χ3v) is 3.37. The molecule has 104 valence electrons. The lowest BCUT2D eigenvalue weighted by Crippen LogP contribution is -2.31. The van der Waals surface area contributed by atoms with Gasteiger partial charge in [0, 0.05) is 31.4 Å². The van der Waals surface area contributed by atoms with E-state index in [9.17, 15) is 0 Å². The molecule has 1 aromatic heterocycles. The van der Waals surface area contributed by atoms with Gasteiger partial charge in [-0.05, 0) is 31.9 Å². The molecule has 19 heavy (non-hydrogen) atoms. The van der Waals surface area contributed by atoms with E-state index in [1.54, 1.807) is 0 Å². The minimum absolute atomic E-state index is 0.681. The van der Waals surface area contributed by atoms with Gasteiger partial charge in [0.15, 0.2) is 0 Å². The van der Waals surface area contributed by atoms with Gasteiger partial charge in [0.05, 0.1) is 0 Å². The maximum absolute atomic E-state index is 4.59. The van der Waals surface area contributed by atoms with Crippen molar-refractivity contribution in [2.45, 2.75) is 33.7 Å². The summed E-state index contributed by atoms with van der Waals surface area (Å²) in [7, 11) is 0. The van der Waals surface area contributed by atoms with Crippen molar-refractivity contribution in [1.29, 1.82) is 0 Å². The molecule has 0 spiro atoms. The van der Waals surface area contributed by atoms with Crippen LogP contribution in [0.15, 0.2) is 30.0 Å². The maximum atomic E-state index is 4.59. The highest BCUT2D eigenvalue weighted by molar-refractivity contribution is 5.48. The third-order valence-electron chi connectivity index (χ3n) is 3.37. The summed E-state index contributed by atoms with van der Waals surface area (Å²) in [6.07, 6.45) is 5.35. The maximum Gasteiger partial charge on any atom is 0.133 e. The monoisotopic (exact) mass is 259 g/mol. The molecule has 1 aliphatic rings. The molecule has 3 nitrogen and oxygen atoms in total. The number of hydrogen-bond donors (Lipinski definition) is 1. The van der Waals surface area contributed by atoms with Crippen molar-refractivity contribution in [3.8, 4) is 0 Å². The van der Waals surface area contributed by atoms with Gasteiger partial charge in [-0.15, -0.1) is 0 Å². The smallest absolute Gasteiger partial charge is 0.133 e. The summed E-state index contributed by atoms with van der Waals surface area (Å²) in [4.78, 5) is 6.98. The van der Waals surface area contributed by atoms with E-state index >= 15 is 0 Å². The minimum atomic E-state index is 0.681. The summed E-state index contributed by atoms with van der Waals surface area (Å²) in [6, 6.07) is 4.21. The Bertz CT molecular complexity index is 437. The zero-order chi connectivity index (χ0) is 13.7. The standard InChI is InChI=1S/C16H25N3/c1-13(2)10-17-11-15-7-4-8-18-16(15)19-9-5-6-14(3)12-19/h4,6-8,13,17H,5,9-12H2,1-3H3. The number of anilines is 1. The minimum Gasteiger partial charge on any atom is -0.352 e. The Morgan fingerprint density at radius 3 is 3.00 bits per heavy atom. The van der Waals surface area contributed by atoms with E-state index in [1.165, 1.54) is 11.1 Å². The van der Waals surface area contributed by atoms with Gasteiger partial charge in [-0.1, -0.05) is 31.6 Å². The van der Waals surface area contributed by atoms with Gasteiger partial charge < -0.3 is 10.2 Å². The summed E-state index contributed by atoms with van der Waals surface area (Å²) < 4.78 is 0. The lowest BCUT2D eigenvalue weighted by Gasteiger charge is -2.29. The molecular weight excluding hydrogens is 234 g/mol. The van der Waals surface area contributed by atoms with Gasteiger partial charge in [-0.25, -0.2) is 4.98 Å². The van der Waals surface area contributed by atoms with Crippen LogP contribution in [0.5, 0.6) is 0 Å². The molecular formula is C16H25N3. The van der Waals surface area contributed by atoms with Gasteiger partial charge in [0.25, 0.3) is 0 Å². The highest BCUT2D eigenvalue weighted by Crippen LogP contribution is 2.21. The van der Waals surface area contributed by atoms with E-state index in [0.29, 0.717) is 5.92 Å². The first-order chi connectivity index (χ1) is 9.16. The molecule has 2 heterocycles. The van der Waals surface area contributed by atoms with E-state index in [4.69, 9.17) is 0 Å². The molecule has 0 saturated heterocycles. The number of hydrogen-bond acceptors (Lipinski definition) is 3. The Morgan fingerprint density at radius 1 is 1.42 bits per heavy atom. The third kappa shape index (κ3) is 4.06. The van der Waals surface area contributed by atoms with Crippen molar-refractivity contribution in [3.05, 3.63) is 35.5 Å². The molecule has 1 N–H and O–H groups in total. The first-order valence-corrected chi connectivity index (χ1v) is 7.22. The highest BCUT2D eigenvalue weighted by Gasteiger charge is 2.15. The SMILES string of the molecule is CC1=CCCN(c2ncccc2CNCC(C)C)C1. The number of rotatable bonds is 5. The predicted octanol–water partition coefficient (Wildman–Crippen LogP) is 2.98. The summed E-state index contributed by atoms with van der Waals surface area (Å²) in [5.74, 6) is 1.83. The van der Waals surface area contributed by atoms with Crippen LogP contribution in [-0.2, 0) is 6.54 Å². The predicted molar refractivity (Wildman–Crippen MR) is 81.4 cm³/mol. The molecule has 0 amide bonds. The summed E-state index contributed by atoms with van der Waals surface area (Å²) in [5, 5.41) is 3.51. The first kappa shape index (κ1) is 14.1. The van der Waals surface area contributed by atoms with Gasteiger partial charge >= 0.3 is 0 Å². The fraction of sp³-hybridized carbons (Fsp3) is 0.562. The molecule has 0 aromatic carbocycles. The Kier molecular flexibility index (Phi) is 4.97. The first-order valence-electron chi connectivity index (χ1n) is 7.22. The molecule has 0 saturated carbocycles. The molecule has 0 unspecified atom stereocenters. The van der Waals surface area contributed by atoms with Crippen LogP contribution in [0.2, 0.25) is 0 Å². The molecule has 0 radical (unpaired) electrons. The van der Waals surface area contributed by atoms with Crippen LogP contribution in [0, 0.1) is 5.92 Å². The second kappa shape index (κ2) is 6.71. The molecule has 0 fully saturated rings. The lowest BCUT2D eigenvalue weighted by atomic mass is 10.1. The van der Waals surface area contributed by atoms with Gasteiger partial charge in [-0.3, -0.25) is 0 Å². The van der Waals surface area contributed by atoms with E-state index in [2.05, 4.69) is 48.1 Å². The fourth-order valence-corrected chi connectivity index (χ4v) is 2.44. The molecule has 3 heteroatoms. The summed E-state index contributed by atoms with van der Waals surface area (Å²) in [6.45, 7) is 10.7. The number of nitrogens with one attached hydrogen (secondary N) is 1.